The Morgan fingerprint density at radius 2 is 2.12 bits per heavy atom. The molecule has 8 heteroatoms. The first-order valence-corrected chi connectivity index (χ1v) is 4.98. The summed E-state index contributed by atoms with van der Waals surface area (Å²) in [5, 5.41) is 9.34. The van der Waals surface area contributed by atoms with Gasteiger partial charge in [-0.2, -0.15) is 13.2 Å². The van der Waals surface area contributed by atoms with Gasteiger partial charge in [-0.05, 0) is 5.56 Å². The monoisotopic (exact) mass is 265 g/mol. The van der Waals surface area contributed by atoms with Crippen LogP contribution in [0.25, 0.3) is 11.0 Å². The smallest absolute Gasteiger partial charge is 0.383 e. The molecule has 0 fully saturated rings. The lowest BCUT2D eigenvalue weighted by Gasteiger charge is -2.13. The normalized spacial score (nSPS) is 14.2. The van der Waals surface area contributed by atoms with E-state index in [0.717, 1.165) is 0 Å². The van der Waals surface area contributed by atoms with Crippen molar-refractivity contribution in [1.82, 2.24) is 15.0 Å². The van der Waals surface area contributed by atoms with Gasteiger partial charge in [0.25, 0.3) is 0 Å². The van der Waals surface area contributed by atoms with Crippen molar-refractivity contribution in [3.05, 3.63) is 23.2 Å². The van der Waals surface area contributed by atoms with Crippen LogP contribution < -0.4 is 0 Å². The summed E-state index contributed by atoms with van der Waals surface area (Å²) in [4.78, 5) is 10.2. The standard InChI is InChI=1S/C9H7ClF3N3O/c10-7-6-4(1-5(17)9(11,12)13)2-14-8(6)16-3-15-7/h2-3,5,17H,1H2,(H,14,15,16). The van der Waals surface area contributed by atoms with E-state index in [-0.39, 0.29) is 10.7 Å². The molecule has 2 N–H and O–H groups in total. The Bertz CT molecular complexity index is 540. The number of aliphatic hydroxyl groups is 1. The number of rotatable bonds is 2. The molecule has 0 radical (unpaired) electrons. The molecule has 92 valence electrons. The van der Waals surface area contributed by atoms with Crippen LogP contribution in [0.1, 0.15) is 5.56 Å². The summed E-state index contributed by atoms with van der Waals surface area (Å²) in [6.07, 6.45) is -5.15. The van der Waals surface area contributed by atoms with E-state index in [9.17, 15) is 13.2 Å². The molecule has 0 bridgehead atoms. The van der Waals surface area contributed by atoms with Crippen molar-refractivity contribution in [2.45, 2.75) is 18.7 Å². The summed E-state index contributed by atoms with van der Waals surface area (Å²) in [5.41, 5.74) is 0.574. The minimum absolute atomic E-state index is 0.0561. The van der Waals surface area contributed by atoms with Crippen LogP contribution in [-0.2, 0) is 6.42 Å². The van der Waals surface area contributed by atoms with Crippen LogP contribution in [0.4, 0.5) is 13.2 Å². The number of aliphatic hydroxyl groups excluding tert-OH is 1. The van der Waals surface area contributed by atoms with Gasteiger partial charge in [0.1, 0.15) is 17.1 Å². The van der Waals surface area contributed by atoms with Gasteiger partial charge in [-0.1, -0.05) is 11.6 Å². The highest BCUT2D eigenvalue weighted by atomic mass is 35.5. The largest absolute Gasteiger partial charge is 0.414 e. The molecule has 0 saturated heterocycles. The summed E-state index contributed by atoms with van der Waals surface area (Å²) in [5.74, 6) is 0. The minimum atomic E-state index is -4.66. The zero-order chi connectivity index (χ0) is 12.6. The predicted octanol–water partition coefficient (Wildman–Crippen LogP) is 2.08. The van der Waals surface area contributed by atoms with Crippen molar-refractivity contribution in [1.29, 1.82) is 0 Å². The van der Waals surface area contributed by atoms with Crippen molar-refractivity contribution in [2.24, 2.45) is 0 Å². The molecular weight excluding hydrogens is 259 g/mol. The predicted molar refractivity (Wildman–Crippen MR) is 54.7 cm³/mol. The zero-order valence-corrected chi connectivity index (χ0v) is 9.05. The van der Waals surface area contributed by atoms with E-state index < -0.39 is 18.7 Å². The highest BCUT2D eigenvalue weighted by Gasteiger charge is 2.38. The molecular formula is C9H7ClF3N3O. The Morgan fingerprint density at radius 3 is 2.76 bits per heavy atom. The number of nitrogens with zero attached hydrogens (tertiary/aromatic N) is 2. The summed E-state index contributed by atoms with van der Waals surface area (Å²) in [6.45, 7) is 0. The number of aromatic nitrogens is 3. The van der Waals surface area contributed by atoms with E-state index in [0.29, 0.717) is 11.0 Å². The van der Waals surface area contributed by atoms with Gasteiger partial charge in [-0.25, -0.2) is 9.97 Å². The van der Waals surface area contributed by atoms with E-state index in [1.54, 1.807) is 0 Å². The second kappa shape index (κ2) is 4.15. The number of nitrogens with one attached hydrogen (secondary N) is 1. The number of halogens is 4. The minimum Gasteiger partial charge on any atom is -0.383 e. The van der Waals surface area contributed by atoms with Gasteiger partial charge in [0.2, 0.25) is 0 Å². The van der Waals surface area contributed by atoms with E-state index in [2.05, 4.69) is 15.0 Å². The first kappa shape index (κ1) is 12.1. The average Bonchev–Trinajstić information content (AvgIpc) is 2.61. The first-order chi connectivity index (χ1) is 7.89. The van der Waals surface area contributed by atoms with Crippen molar-refractivity contribution < 1.29 is 18.3 Å². The molecule has 0 aromatic carbocycles. The van der Waals surface area contributed by atoms with E-state index in [1.807, 2.05) is 0 Å². The third kappa shape index (κ3) is 2.34. The molecule has 0 aliphatic rings. The average molecular weight is 266 g/mol. The number of alkyl halides is 3. The molecule has 17 heavy (non-hydrogen) atoms. The molecule has 2 aromatic heterocycles. The molecule has 0 amide bonds. The lowest BCUT2D eigenvalue weighted by Crippen LogP contribution is -2.30. The highest BCUT2D eigenvalue weighted by Crippen LogP contribution is 2.28. The number of aromatic amines is 1. The summed E-state index contributed by atoms with van der Waals surface area (Å²) in [6, 6.07) is 0. The second-order valence-electron chi connectivity index (χ2n) is 3.46. The zero-order valence-electron chi connectivity index (χ0n) is 8.29. The fourth-order valence-corrected chi connectivity index (χ4v) is 1.73. The molecule has 1 atom stereocenters. The van der Waals surface area contributed by atoms with Gasteiger partial charge >= 0.3 is 6.18 Å². The quantitative estimate of drug-likeness (QED) is 0.817. The Balaban J connectivity index is 2.37. The first-order valence-electron chi connectivity index (χ1n) is 4.61. The molecule has 1 unspecified atom stereocenters. The van der Waals surface area contributed by atoms with Crippen LogP contribution in [0.3, 0.4) is 0 Å². The van der Waals surface area contributed by atoms with E-state index in [1.165, 1.54) is 12.5 Å². The molecule has 2 aromatic rings. The topological polar surface area (TPSA) is 61.8 Å². The van der Waals surface area contributed by atoms with Gasteiger partial charge in [0, 0.05) is 12.6 Å². The maximum Gasteiger partial charge on any atom is 0.414 e. The number of hydrogen-bond donors (Lipinski definition) is 2. The Hall–Kier alpha value is -1.34. The molecule has 0 spiro atoms. The maximum absolute atomic E-state index is 12.2. The van der Waals surface area contributed by atoms with Crippen LogP contribution in [0.5, 0.6) is 0 Å². The van der Waals surface area contributed by atoms with Gasteiger partial charge in [0.05, 0.1) is 5.39 Å². The molecule has 0 saturated carbocycles. The highest BCUT2D eigenvalue weighted by molar-refractivity contribution is 6.34. The Kier molecular flexibility index (Phi) is 2.96. The Labute approximate surface area is 98.5 Å². The van der Waals surface area contributed by atoms with E-state index in [4.69, 9.17) is 16.7 Å². The molecule has 4 nitrogen and oxygen atoms in total. The lowest BCUT2D eigenvalue weighted by atomic mass is 10.1. The van der Waals surface area contributed by atoms with Crippen LogP contribution in [0.15, 0.2) is 12.5 Å². The van der Waals surface area contributed by atoms with Crippen molar-refractivity contribution in [3.63, 3.8) is 0 Å². The van der Waals surface area contributed by atoms with Crippen molar-refractivity contribution >= 4 is 22.6 Å². The SMILES string of the molecule is OC(Cc1c[nH]c2ncnc(Cl)c12)C(F)(F)F. The summed E-state index contributed by atoms with van der Waals surface area (Å²) < 4.78 is 36.7. The summed E-state index contributed by atoms with van der Waals surface area (Å²) in [7, 11) is 0. The molecule has 2 heterocycles. The Morgan fingerprint density at radius 1 is 1.41 bits per heavy atom. The van der Waals surface area contributed by atoms with Crippen LogP contribution >= 0.6 is 11.6 Å². The van der Waals surface area contributed by atoms with Gasteiger partial charge in [-0.15, -0.1) is 0 Å². The summed E-state index contributed by atoms with van der Waals surface area (Å²) >= 11 is 5.77. The second-order valence-corrected chi connectivity index (χ2v) is 3.82. The molecule has 0 aliphatic carbocycles. The van der Waals surface area contributed by atoms with Gasteiger partial charge < -0.3 is 10.1 Å². The van der Waals surface area contributed by atoms with E-state index >= 15 is 0 Å². The third-order valence-corrected chi connectivity index (χ3v) is 2.58. The van der Waals surface area contributed by atoms with Gasteiger partial charge in [-0.3, -0.25) is 0 Å². The van der Waals surface area contributed by atoms with Crippen LogP contribution in [-0.4, -0.2) is 32.3 Å². The van der Waals surface area contributed by atoms with Crippen LogP contribution in [0, 0.1) is 0 Å². The third-order valence-electron chi connectivity index (χ3n) is 2.30. The lowest BCUT2D eigenvalue weighted by molar-refractivity contribution is -0.202. The van der Waals surface area contributed by atoms with Crippen LogP contribution in [0.2, 0.25) is 5.15 Å². The maximum atomic E-state index is 12.2. The van der Waals surface area contributed by atoms with Crippen molar-refractivity contribution in [2.75, 3.05) is 0 Å². The van der Waals surface area contributed by atoms with Crippen molar-refractivity contribution in [3.8, 4) is 0 Å². The fourth-order valence-electron chi connectivity index (χ4n) is 1.47. The fraction of sp³-hybridized carbons (Fsp3) is 0.333. The molecule has 2 rings (SSSR count). The number of fused-ring (bicyclic) bond motifs is 1. The molecule has 0 aliphatic heterocycles. The number of H-pyrrole nitrogens is 1. The van der Waals surface area contributed by atoms with Gasteiger partial charge in [0.15, 0.2) is 6.10 Å². The number of hydrogen-bond acceptors (Lipinski definition) is 3.